The minimum Gasteiger partial charge on any atom is -0.298 e. The van der Waals surface area contributed by atoms with E-state index in [0.29, 0.717) is 6.54 Å². The summed E-state index contributed by atoms with van der Waals surface area (Å²) in [6.45, 7) is 2.28. The molecule has 4 aromatic rings. The van der Waals surface area contributed by atoms with Gasteiger partial charge in [-0.2, -0.15) is 10.1 Å². The summed E-state index contributed by atoms with van der Waals surface area (Å²) in [6.07, 6.45) is 1.24. The fraction of sp³-hybridized carbons (Fsp3) is 0.182. The molecular weight excluding hydrogens is 435 g/mol. The summed E-state index contributed by atoms with van der Waals surface area (Å²) in [5.41, 5.74) is 4.38. The van der Waals surface area contributed by atoms with Gasteiger partial charge in [0, 0.05) is 19.7 Å². The van der Waals surface area contributed by atoms with Gasteiger partial charge >= 0.3 is 5.69 Å². The first-order valence-corrected chi connectivity index (χ1v) is 10.1. The van der Waals surface area contributed by atoms with Crippen LogP contribution in [-0.2, 0) is 20.6 Å². The summed E-state index contributed by atoms with van der Waals surface area (Å²) in [7, 11) is 2.96. The van der Waals surface area contributed by atoms with Gasteiger partial charge in [-0.3, -0.25) is 18.5 Å². The Balaban J connectivity index is 1.85. The molecule has 0 bridgehead atoms. The molecule has 0 aliphatic heterocycles. The molecule has 4 rings (SSSR count). The molecular formula is C22H20ClFN6O2. The van der Waals surface area contributed by atoms with Crippen molar-refractivity contribution in [3.8, 4) is 0 Å². The van der Waals surface area contributed by atoms with Gasteiger partial charge in [0.15, 0.2) is 11.2 Å². The number of nitrogens with one attached hydrogen (secondary N) is 1. The van der Waals surface area contributed by atoms with Crippen LogP contribution in [0.5, 0.6) is 0 Å². The number of halogens is 2. The molecule has 0 aliphatic rings. The molecule has 8 nitrogen and oxygen atoms in total. The van der Waals surface area contributed by atoms with Crippen molar-refractivity contribution in [3.05, 3.63) is 90.8 Å². The number of aryl methyl sites for hydroxylation is 2. The van der Waals surface area contributed by atoms with E-state index >= 15 is 0 Å². The summed E-state index contributed by atoms with van der Waals surface area (Å²) < 4.78 is 18.0. The highest BCUT2D eigenvalue weighted by Gasteiger charge is 2.19. The number of nitrogens with zero attached hydrogens (tertiary/aromatic N) is 5. The molecule has 32 heavy (non-hydrogen) atoms. The molecule has 2 aromatic carbocycles. The van der Waals surface area contributed by atoms with Crippen molar-refractivity contribution in [2.24, 2.45) is 19.2 Å². The van der Waals surface area contributed by atoms with Crippen LogP contribution in [0, 0.1) is 12.7 Å². The predicted molar refractivity (Wildman–Crippen MR) is 123 cm³/mol. The molecule has 0 radical (unpaired) electrons. The molecule has 10 heteroatoms. The van der Waals surface area contributed by atoms with Gasteiger partial charge in [-0.25, -0.2) is 14.6 Å². The van der Waals surface area contributed by atoms with E-state index in [0.717, 1.165) is 15.7 Å². The molecule has 0 saturated carbocycles. The van der Waals surface area contributed by atoms with Gasteiger partial charge in [0.05, 0.1) is 17.8 Å². The highest BCUT2D eigenvalue weighted by molar-refractivity contribution is 6.33. The average molecular weight is 455 g/mol. The van der Waals surface area contributed by atoms with Crippen LogP contribution in [0.4, 0.5) is 10.3 Å². The highest BCUT2D eigenvalue weighted by atomic mass is 35.5. The van der Waals surface area contributed by atoms with E-state index in [-0.39, 0.29) is 27.7 Å². The van der Waals surface area contributed by atoms with Crippen molar-refractivity contribution < 1.29 is 4.39 Å². The maximum absolute atomic E-state index is 14.0. The topological polar surface area (TPSA) is 86.2 Å². The Kier molecular flexibility index (Phi) is 5.67. The molecule has 0 atom stereocenters. The highest BCUT2D eigenvalue weighted by Crippen LogP contribution is 2.20. The van der Waals surface area contributed by atoms with Crippen LogP contribution in [0.25, 0.3) is 11.2 Å². The maximum Gasteiger partial charge on any atom is 0.332 e. The molecule has 2 aromatic heterocycles. The van der Waals surface area contributed by atoms with Crippen molar-refractivity contribution >= 4 is 34.9 Å². The number of hydrazone groups is 1. The second kappa shape index (κ2) is 8.43. The largest absolute Gasteiger partial charge is 0.332 e. The van der Waals surface area contributed by atoms with Crippen LogP contribution in [0.3, 0.4) is 0 Å². The zero-order valence-electron chi connectivity index (χ0n) is 17.6. The summed E-state index contributed by atoms with van der Waals surface area (Å²) in [4.78, 5) is 29.7. The molecule has 1 N–H and O–H groups in total. The van der Waals surface area contributed by atoms with Crippen molar-refractivity contribution in [3.63, 3.8) is 0 Å². The third-order valence-electron chi connectivity index (χ3n) is 5.13. The van der Waals surface area contributed by atoms with Crippen molar-refractivity contribution in [1.82, 2.24) is 18.7 Å². The van der Waals surface area contributed by atoms with Crippen LogP contribution in [-0.4, -0.2) is 24.9 Å². The number of hydrogen-bond donors (Lipinski definition) is 1. The van der Waals surface area contributed by atoms with Gasteiger partial charge in [-0.15, -0.1) is 0 Å². The average Bonchev–Trinajstić information content (AvgIpc) is 3.11. The van der Waals surface area contributed by atoms with Gasteiger partial charge in [0.25, 0.3) is 5.56 Å². The maximum atomic E-state index is 14.0. The van der Waals surface area contributed by atoms with Crippen LogP contribution in [0.15, 0.2) is 57.2 Å². The standard InChI is InChI=1S/C22H20ClFN6O2/c1-13-6-4-7-14(10-13)12-30-18-19(28(2)22(32)29(3)20(18)31)26-21(30)27-25-11-15-16(23)8-5-9-17(15)24/h4-11H,12H2,1-3H3,(H,26,27)/b25-11+. The third-order valence-corrected chi connectivity index (χ3v) is 5.46. The lowest BCUT2D eigenvalue weighted by atomic mass is 10.1. The van der Waals surface area contributed by atoms with Crippen LogP contribution in [0.2, 0.25) is 5.02 Å². The second-order valence-corrected chi connectivity index (χ2v) is 7.80. The fourth-order valence-electron chi connectivity index (χ4n) is 3.47. The molecule has 0 spiro atoms. The number of hydrogen-bond acceptors (Lipinski definition) is 5. The normalized spacial score (nSPS) is 11.5. The number of imidazole rings is 1. The Morgan fingerprint density at radius 3 is 2.62 bits per heavy atom. The van der Waals surface area contributed by atoms with E-state index in [1.54, 1.807) is 17.7 Å². The van der Waals surface area contributed by atoms with Gasteiger partial charge in [-0.05, 0) is 24.6 Å². The van der Waals surface area contributed by atoms with E-state index in [1.807, 2.05) is 31.2 Å². The smallest absolute Gasteiger partial charge is 0.298 e. The zero-order chi connectivity index (χ0) is 23.0. The van der Waals surface area contributed by atoms with Crippen molar-refractivity contribution in [2.45, 2.75) is 13.5 Å². The summed E-state index contributed by atoms with van der Waals surface area (Å²) >= 11 is 6.04. The zero-order valence-corrected chi connectivity index (χ0v) is 18.4. The first-order chi connectivity index (χ1) is 15.3. The lowest BCUT2D eigenvalue weighted by Crippen LogP contribution is -2.37. The van der Waals surface area contributed by atoms with E-state index in [1.165, 1.54) is 30.0 Å². The summed E-state index contributed by atoms with van der Waals surface area (Å²) in [5.74, 6) is -0.295. The second-order valence-electron chi connectivity index (χ2n) is 7.39. The molecule has 164 valence electrons. The fourth-order valence-corrected chi connectivity index (χ4v) is 3.68. The monoisotopic (exact) mass is 454 g/mol. The predicted octanol–water partition coefficient (Wildman–Crippen LogP) is 3.03. The van der Waals surface area contributed by atoms with Gasteiger partial charge in [0.1, 0.15) is 5.82 Å². The first-order valence-electron chi connectivity index (χ1n) is 9.73. The van der Waals surface area contributed by atoms with Crippen molar-refractivity contribution in [2.75, 3.05) is 5.43 Å². The van der Waals surface area contributed by atoms with Gasteiger partial charge in [-0.1, -0.05) is 47.5 Å². The minimum absolute atomic E-state index is 0.117. The number of rotatable bonds is 5. The Bertz CT molecular complexity index is 1460. The van der Waals surface area contributed by atoms with Gasteiger partial charge < -0.3 is 0 Å². The summed E-state index contributed by atoms with van der Waals surface area (Å²) in [5, 5.41) is 4.28. The number of anilines is 1. The van der Waals surface area contributed by atoms with E-state index < -0.39 is 17.1 Å². The number of benzene rings is 2. The molecule has 2 heterocycles. The van der Waals surface area contributed by atoms with Crippen LogP contribution < -0.4 is 16.7 Å². The molecule has 0 amide bonds. The van der Waals surface area contributed by atoms with Crippen LogP contribution >= 0.6 is 11.6 Å². The Morgan fingerprint density at radius 1 is 1.16 bits per heavy atom. The molecule has 0 aliphatic carbocycles. The van der Waals surface area contributed by atoms with E-state index in [4.69, 9.17) is 11.6 Å². The SMILES string of the molecule is Cc1cccc(Cn2c(N/N=C/c3c(F)cccc3Cl)nc3c2c(=O)n(C)c(=O)n3C)c1. The first kappa shape index (κ1) is 21.5. The minimum atomic E-state index is -0.521. The number of aromatic nitrogens is 4. The molecule has 0 saturated heterocycles. The quantitative estimate of drug-likeness (QED) is 0.371. The molecule has 0 fully saturated rings. The Morgan fingerprint density at radius 2 is 1.91 bits per heavy atom. The third kappa shape index (κ3) is 3.82. The lowest BCUT2D eigenvalue weighted by molar-refractivity contribution is 0.626. The Labute approximate surface area is 187 Å². The lowest BCUT2D eigenvalue weighted by Gasteiger charge is -2.10. The Hall–Kier alpha value is -3.72. The van der Waals surface area contributed by atoms with Gasteiger partial charge in [0.2, 0.25) is 5.95 Å². The summed E-state index contributed by atoms with van der Waals surface area (Å²) in [6, 6.07) is 12.1. The van der Waals surface area contributed by atoms with Crippen LogP contribution in [0.1, 0.15) is 16.7 Å². The van der Waals surface area contributed by atoms with E-state index in [2.05, 4.69) is 15.5 Å². The van der Waals surface area contributed by atoms with Crippen molar-refractivity contribution in [1.29, 1.82) is 0 Å². The number of fused-ring (bicyclic) bond motifs is 1. The molecule has 0 unspecified atom stereocenters. The van der Waals surface area contributed by atoms with E-state index in [9.17, 15) is 14.0 Å².